The van der Waals surface area contributed by atoms with Crippen LogP contribution in [0, 0.1) is 5.92 Å². The predicted octanol–water partition coefficient (Wildman–Crippen LogP) is 2.00. The zero-order valence-electron chi connectivity index (χ0n) is 13.3. The number of ether oxygens (including phenoxy) is 1. The molecule has 1 N–H and O–H groups in total. The van der Waals surface area contributed by atoms with E-state index in [1.165, 1.54) is 12.8 Å². The Morgan fingerprint density at radius 1 is 1.41 bits per heavy atom. The summed E-state index contributed by atoms with van der Waals surface area (Å²) in [5.74, 6) is 1.27. The normalized spacial score (nSPS) is 22.4. The van der Waals surface area contributed by atoms with Crippen molar-refractivity contribution in [3.05, 3.63) is 18.2 Å². The molecule has 1 aromatic rings. The fourth-order valence-corrected chi connectivity index (χ4v) is 3.42. The summed E-state index contributed by atoms with van der Waals surface area (Å²) in [6, 6.07) is 0.394. The number of nitrogens with one attached hydrogen (secondary N) is 1. The van der Waals surface area contributed by atoms with Crippen molar-refractivity contribution in [3.8, 4) is 0 Å². The van der Waals surface area contributed by atoms with Gasteiger partial charge in [0.05, 0.1) is 13.2 Å². The second-order valence-electron chi connectivity index (χ2n) is 6.33. The van der Waals surface area contributed by atoms with Gasteiger partial charge in [0.1, 0.15) is 5.82 Å². The Morgan fingerprint density at radius 3 is 3.00 bits per heavy atom. The van der Waals surface area contributed by atoms with Gasteiger partial charge in [-0.1, -0.05) is 12.8 Å². The van der Waals surface area contributed by atoms with Crippen LogP contribution in [0.5, 0.6) is 0 Å². The van der Waals surface area contributed by atoms with Crippen LogP contribution in [0.2, 0.25) is 0 Å². The average Bonchev–Trinajstić information content (AvgIpc) is 3.13. The SMILES string of the molecule is CCOCC1CN(C(=O)NC2CCCC2)Cc2nccn2C1. The quantitative estimate of drug-likeness (QED) is 0.925. The van der Waals surface area contributed by atoms with Gasteiger partial charge in [0.25, 0.3) is 0 Å². The average molecular weight is 306 g/mol. The molecule has 1 saturated carbocycles. The molecule has 6 heteroatoms. The number of rotatable bonds is 4. The first-order chi connectivity index (χ1) is 10.8. The van der Waals surface area contributed by atoms with E-state index in [1.807, 2.05) is 24.2 Å². The summed E-state index contributed by atoms with van der Waals surface area (Å²) in [5.41, 5.74) is 0. The van der Waals surface area contributed by atoms with Gasteiger partial charge in [-0.05, 0) is 19.8 Å². The van der Waals surface area contributed by atoms with Crippen LogP contribution in [0.1, 0.15) is 38.4 Å². The fraction of sp³-hybridized carbons (Fsp3) is 0.750. The number of carbonyl (C=O) groups is 1. The maximum absolute atomic E-state index is 12.6. The number of urea groups is 1. The zero-order valence-corrected chi connectivity index (χ0v) is 13.3. The first-order valence-electron chi connectivity index (χ1n) is 8.39. The third-order valence-electron chi connectivity index (χ3n) is 4.60. The number of aromatic nitrogens is 2. The van der Waals surface area contributed by atoms with Gasteiger partial charge >= 0.3 is 6.03 Å². The highest BCUT2D eigenvalue weighted by molar-refractivity contribution is 5.74. The first kappa shape index (κ1) is 15.3. The van der Waals surface area contributed by atoms with Crippen molar-refractivity contribution in [2.45, 2.75) is 51.7 Å². The van der Waals surface area contributed by atoms with Crippen LogP contribution in [-0.2, 0) is 17.8 Å². The summed E-state index contributed by atoms with van der Waals surface area (Å²) in [5, 5.41) is 3.19. The summed E-state index contributed by atoms with van der Waals surface area (Å²) in [7, 11) is 0. The van der Waals surface area contributed by atoms with Gasteiger partial charge < -0.3 is 19.5 Å². The number of imidazole rings is 1. The van der Waals surface area contributed by atoms with Crippen molar-refractivity contribution in [1.82, 2.24) is 19.8 Å². The fourth-order valence-electron chi connectivity index (χ4n) is 3.42. The molecular formula is C16H26N4O2. The number of hydrogen-bond donors (Lipinski definition) is 1. The lowest BCUT2D eigenvalue weighted by Crippen LogP contribution is -2.45. The summed E-state index contributed by atoms with van der Waals surface area (Å²) >= 11 is 0. The number of amides is 2. The van der Waals surface area contributed by atoms with Gasteiger partial charge in [-0.25, -0.2) is 9.78 Å². The van der Waals surface area contributed by atoms with Crippen molar-refractivity contribution in [3.63, 3.8) is 0 Å². The molecule has 0 saturated heterocycles. The van der Waals surface area contributed by atoms with Crippen molar-refractivity contribution < 1.29 is 9.53 Å². The van der Waals surface area contributed by atoms with Crippen molar-refractivity contribution >= 4 is 6.03 Å². The molecule has 1 fully saturated rings. The molecule has 6 nitrogen and oxygen atoms in total. The van der Waals surface area contributed by atoms with Crippen LogP contribution in [0.4, 0.5) is 4.79 Å². The first-order valence-corrected chi connectivity index (χ1v) is 8.39. The van der Waals surface area contributed by atoms with Gasteiger partial charge in [0.2, 0.25) is 0 Å². The Morgan fingerprint density at radius 2 is 2.23 bits per heavy atom. The van der Waals surface area contributed by atoms with E-state index in [2.05, 4.69) is 14.9 Å². The Bertz CT molecular complexity index is 496. The molecule has 0 radical (unpaired) electrons. The molecule has 1 aromatic heterocycles. The highest BCUT2D eigenvalue weighted by Gasteiger charge is 2.27. The van der Waals surface area contributed by atoms with Crippen LogP contribution >= 0.6 is 0 Å². The molecule has 2 heterocycles. The molecule has 1 aliphatic carbocycles. The topological polar surface area (TPSA) is 59.4 Å². The minimum absolute atomic E-state index is 0.0462. The van der Waals surface area contributed by atoms with Gasteiger partial charge in [0, 0.05) is 44.0 Å². The Labute approximate surface area is 131 Å². The Hall–Kier alpha value is -1.56. The molecule has 1 atom stereocenters. The molecular weight excluding hydrogens is 280 g/mol. The molecule has 2 amide bonds. The van der Waals surface area contributed by atoms with Gasteiger partial charge in [-0.3, -0.25) is 0 Å². The molecule has 3 rings (SSSR count). The number of hydrogen-bond acceptors (Lipinski definition) is 3. The van der Waals surface area contributed by atoms with Crippen LogP contribution in [0.3, 0.4) is 0 Å². The van der Waals surface area contributed by atoms with E-state index >= 15 is 0 Å². The Balaban J connectivity index is 1.67. The molecule has 22 heavy (non-hydrogen) atoms. The number of fused-ring (bicyclic) bond motifs is 1. The van der Waals surface area contributed by atoms with Crippen molar-refractivity contribution in [2.24, 2.45) is 5.92 Å². The highest BCUT2D eigenvalue weighted by Crippen LogP contribution is 2.20. The predicted molar refractivity (Wildman–Crippen MR) is 83.4 cm³/mol. The second-order valence-corrected chi connectivity index (χ2v) is 6.33. The van der Waals surface area contributed by atoms with Crippen LogP contribution in [0.25, 0.3) is 0 Å². The highest BCUT2D eigenvalue weighted by atomic mass is 16.5. The summed E-state index contributed by atoms with van der Waals surface area (Å²) < 4.78 is 7.73. The monoisotopic (exact) mass is 306 g/mol. The second kappa shape index (κ2) is 7.13. The van der Waals surface area contributed by atoms with E-state index in [9.17, 15) is 4.79 Å². The van der Waals surface area contributed by atoms with Gasteiger partial charge in [-0.2, -0.15) is 0 Å². The maximum atomic E-state index is 12.6. The lowest BCUT2D eigenvalue weighted by molar-refractivity contribution is 0.0910. The van der Waals surface area contributed by atoms with Gasteiger partial charge in [0.15, 0.2) is 0 Å². The van der Waals surface area contributed by atoms with E-state index < -0.39 is 0 Å². The molecule has 0 bridgehead atoms. The lowest BCUT2D eigenvalue weighted by atomic mass is 10.1. The Kier molecular flexibility index (Phi) is 4.97. The lowest BCUT2D eigenvalue weighted by Gasteiger charge is -2.26. The number of nitrogens with zero attached hydrogens (tertiary/aromatic N) is 3. The standard InChI is InChI=1S/C16H26N4O2/c1-2-22-12-13-9-19-8-7-17-15(19)11-20(10-13)16(21)18-14-5-3-4-6-14/h7-8,13-14H,2-6,9-12H2,1H3,(H,18,21). The summed E-state index contributed by atoms with van der Waals surface area (Å²) in [6.45, 7) is 5.56. The molecule has 0 spiro atoms. The van der Waals surface area contributed by atoms with Crippen LogP contribution < -0.4 is 5.32 Å². The molecule has 122 valence electrons. The molecule has 0 aromatic carbocycles. The third-order valence-corrected chi connectivity index (χ3v) is 4.60. The smallest absolute Gasteiger partial charge is 0.318 e. The van der Waals surface area contributed by atoms with E-state index in [0.29, 0.717) is 31.7 Å². The largest absolute Gasteiger partial charge is 0.381 e. The minimum Gasteiger partial charge on any atom is -0.381 e. The third kappa shape index (κ3) is 3.61. The van der Waals surface area contributed by atoms with E-state index in [4.69, 9.17) is 4.74 Å². The maximum Gasteiger partial charge on any atom is 0.318 e. The van der Waals surface area contributed by atoms with Crippen LogP contribution in [-0.4, -0.2) is 46.3 Å². The van der Waals surface area contributed by atoms with E-state index in [-0.39, 0.29) is 6.03 Å². The molecule has 1 aliphatic heterocycles. The summed E-state index contributed by atoms with van der Waals surface area (Å²) in [6.07, 6.45) is 8.47. The van der Waals surface area contributed by atoms with E-state index in [1.54, 1.807) is 0 Å². The van der Waals surface area contributed by atoms with Crippen molar-refractivity contribution in [2.75, 3.05) is 19.8 Å². The molecule has 2 aliphatic rings. The molecule has 1 unspecified atom stereocenters. The number of carbonyl (C=O) groups excluding carboxylic acids is 1. The van der Waals surface area contributed by atoms with Crippen LogP contribution in [0.15, 0.2) is 12.4 Å². The minimum atomic E-state index is 0.0462. The zero-order chi connectivity index (χ0) is 15.4. The van der Waals surface area contributed by atoms with E-state index in [0.717, 1.165) is 31.8 Å². The van der Waals surface area contributed by atoms with Crippen molar-refractivity contribution in [1.29, 1.82) is 0 Å². The summed E-state index contributed by atoms with van der Waals surface area (Å²) in [4.78, 5) is 18.9. The van der Waals surface area contributed by atoms with Gasteiger partial charge in [-0.15, -0.1) is 0 Å².